The highest BCUT2D eigenvalue weighted by Gasteiger charge is 2.29. The summed E-state index contributed by atoms with van der Waals surface area (Å²) in [6.45, 7) is 4.21. The molecule has 34 heavy (non-hydrogen) atoms. The molecule has 2 aliphatic rings. The molecule has 0 saturated carbocycles. The van der Waals surface area contributed by atoms with E-state index in [4.69, 9.17) is 9.47 Å². The Hall–Kier alpha value is -3.53. The van der Waals surface area contributed by atoms with Gasteiger partial charge in [0.2, 0.25) is 0 Å². The van der Waals surface area contributed by atoms with Crippen LogP contribution in [0.2, 0.25) is 0 Å². The van der Waals surface area contributed by atoms with Gasteiger partial charge in [-0.15, -0.1) is 0 Å². The number of amides is 1. The fraction of sp³-hybridized carbons (Fsp3) is 0.375. The van der Waals surface area contributed by atoms with Crippen LogP contribution >= 0.6 is 0 Å². The van der Waals surface area contributed by atoms with E-state index in [1.54, 1.807) is 4.90 Å². The van der Waals surface area contributed by atoms with Crippen LogP contribution in [0, 0.1) is 18.6 Å². The number of aromatic nitrogens is 2. The van der Waals surface area contributed by atoms with E-state index >= 15 is 8.78 Å². The number of aliphatic imine (C=N–C) groups is 1. The topological polar surface area (TPSA) is 80.5 Å². The average molecular weight is 469 g/mol. The van der Waals surface area contributed by atoms with Crippen LogP contribution in [0.1, 0.15) is 16.8 Å². The summed E-state index contributed by atoms with van der Waals surface area (Å²) in [6, 6.07) is 6.33. The van der Waals surface area contributed by atoms with Crippen molar-refractivity contribution in [1.29, 1.82) is 0 Å². The number of rotatable bonds is 4. The number of fused-ring (bicyclic) bond motifs is 1. The summed E-state index contributed by atoms with van der Waals surface area (Å²) in [4.78, 5) is 22.4. The number of imidazole rings is 1. The second-order valence-electron chi connectivity index (χ2n) is 8.42. The first-order valence-corrected chi connectivity index (χ1v) is 11.1. The van der Waals surface area contributed by atoms with Crippen molar-refractivity contribution in [1.82, 2.24) is 19.6 Å². The molecule has 1 amide bonds. The van der Waals surface area contributed by atoms with Gasteiger partial charge in [-0.25, -0.2) is 18.6 Å². The number of hydrogen-bond acceptors (Lipinski definition) is 6. The fourth-order valence-electron chi connectivity index (χ4n) is 4.47. The molecular weight excluding hydrogens is 444 g/mol. The highest BCUT2D eigenvalue weighted by Crippen LogP contribution is 2.32. The number of methoxy groups -OCH3 is 1. The SMILES string of the molecule is COC(=O)N1CCO[C@@H](Cc2c(-c3c(F)cc(C4=NCCN4)cc3F)nc3cc(C)ccn23)C1. The fourth-order valence-corrected chi connectivity index (χ4v) is 4.47. The maximum Gasteiger partial charge on any atom is 0.409 e. The van der Waals surface area contributed by atoms with Crippen LogP contribution in [0.25, 0.3) is 16.9 Å². The lowest BCUT2D eigenvalue weighted by Crippen LogP contribution is -2.46. The normalized spacial score (nSPS) is 18.2. The van der Waals surface area contributed by atoms with Crippen LogP contribution in [0.3, 0.4) is 0 Å². The quantitative estimate of drug-likeness (QED) is 0.636. The van der Waals surface area contributed by atoms with Crippen molar-refractivity contribution in [2.75, 3.05) is 39.9 Å². The van der Waals surface area contributed by atoms with E-state index in [1.165, 1.54) is 19.2 Å². The average Bonchev–Trinajstić information content (AvgIpc) is 3.47. The molecule has 1 N–H and O–H groups in total. The van der Waals surface area contributed by atoms with Gasteiger partial charge in [-0.05, 0) is 36.8 Å². The monoisotopic (exact) mass is 469 g/mol. The second-order valence-corrected chi connectivity index (χ2v) is 8.42. The van der Waals surface area contributed by atoms with Crippen LogP contribution in [-0.2, 0) is 15.9 Å². The van der Waals surface area contributed by atoms with Gasteiger partial charge in [-0.2, -0.15) is 0 Å². The first-order chi connectivity index (χ1) is 16.4. The summed E-state index contributed by atoms with van der Waals surface area (Å²) in [6.07, 6.45) is 1.33. The van der Waals surface area contributed by atoms with Gasteiger partial charge in [0.15, 0.2) is 0 Å². The van der Waals surface area contributed by atoms with E-state index in [-0.39, 0.29) is 17.4 Å². The van der Waals surface area contributed by atoms with Gasteiger partial charge in [-0.1, -0.05) is 0 Å². The summed E-state index contributed by atoms with van der Waals surface area (Å²) < 4.78 is 43.3. The van der Waals surface area contributed by atoms with E-state index in [0.717, 1.165) is 5.56 Å². The molecule has 0 radical (unpaired) electrons. The van der Waals surface area contributed by atoms with Gasteiger partial charge < -0.3 is 24.1 Å². The number of ether oxygens (including phenoxy) is 2. The van der Waals surface area contributed by atoms with Gasteiger partial charge >= 0.3 is 6.09 Å². The smallest absolute Gasteiger partial charge is 0.409 e. The Morgan fingerprint density at radius 1 is 1.29 bits per heavy atom. The Bertz CT molecular complexity index is 1270. The standard InChI is InChI=1S/C24H25F2N5O3/c1-14-3-6-31-19(12-16-13-30(7-8-34-16)24(32)33-2)22(29-20(31)9-14)21-17(25)10-15(11-18(21)26)23-27-4-5-28-23/h3,6,9-11,16H,4-5,7-8,12-13H2,1-2H3,(H,27,28)/t16-/m0/s1. The predicted molar refractivity (Wildman–Crippen MR) is 122 cm³/mol. The number of amidine groups is 1. The van der Waals surface area contributed by atoms with Gasteiger partial charge in [-0.3, -0.25) is 4.99 Å². The molecule has 8 nitrogen and oxygen atoms in total. The molecule has 1 atom stereocenters. The zero-order valence-corrected chi connectivity index (χ0v) is 19.0. The second kappa shape index (κ2) is 9.02. The van der Waals surface area contributed by atoms with Crippen molar-refractivity contribution in [2.45, 2.75) is 19.4 Å². The summed E-state index contributed by atoms with van der Waals surface area (Å²) >= 11 is 0. The first-order valence-electron chi connectivity index (χ1n) is 11.1. The highest BCUT2D eigenvalue weighted by atomic mass is 19.1. The molecule has 0 spiro atoms. The third kappa shape index (κ3) is 4.09. The van der Waals surface area contributed by atoms with Crippen molar-refractivity contribution in [3.05, 3.63) is 58.9 Å². The highest BCUT2D eigenvalue weighted by molar-refractivity contribution is 6.00. The summed E-state index contributed by atoms with van der Waals surface area (Å²) in [7, 11) is 1.33. The van der Waals surface area contributed by atoms with Gasteiger partial charge in [0.1, 0.15) is 23.1 Å². The summed E-state index contributed by atoms with van der Waals surface area (Å²) in [5.41, 5.74) is 2.54. The van der Waals surface area contributed by atoms with Gasteiger partial charge in [0, 0.05) is 31.3 Å². The molecule has 4 heterocycles. The van der Waals surface area contributed by atoms with Crippen LogP contribution < -0.4 is 5.32 Å². The number of carbonyl (C=O) groups excluding carboxylic acids is 1. The zero-order valence-electron chi connectivity index (χ0n) is 19.0. The number of nitrogens with zero attached hydrogens (tertiary/aromatic N) is 4. The molecule has 0 bridgehead atoms. The lowest BCUT2D eigenvalue weighted by molar-refractivity contribution is -0.0241. The molecular formula is C24H25F2N5O3. The number of morpholine rings is 1. The molecule has 5 rings (SSSR count). The molecule has 178 valence electrons. The lowest BCUT2D eigenvalue weighted by Gasteiger charge is -2.32. The minimum absolute atomic E-state index is 0.195. The first kappa shape index (κ1) is 22.3. The third-order valence-electron chi connectivity index (χ3n) is 6.10. The number of nitrogens with one attached hydrogen (secondary N) is 1. The Kier molecular flexibility index (Phi) is 5.91. The number of hydrogen-bond donors (Lipinski definition) is 1. The Morgan fingerprint density at radius 2 is 2.09 bits per heavy atom. The molecule has 1 saturated heterocycles. The largest absolute Gasteiger partial charge is 0.453 e. The van der Waals surface area contributed by atoms with Crippen molar-refractivity contribution < 1.29 is 23.0 Å². The molecule has 0 unspecified atom stereocenters. The molecule has 2 aliphatic heterocycles. The van der Waals surface area contributed by atoms with E-state index in [9.17, 15) is 4.79 Å². The van der Waals surface area contributed by atoms with Gasteiger partial charge in [0.05, 0.1) is 49.9 Å². The molecule has 0 aliphatic carbocycles. The lowest BCUT2D eigenvalue weighted by atomic mass is 10.0. The van der Waals surface area contributed by atoms with Crippen LogP contribution in [0.4, 0.5) is 13.6 Å². The molecule has 1 fully saturated rings. The van der Waals surface area contributed by atoms with Crippen LogP contribution in [0.15, 0.2) is 35.5 Å². The van der Waals surface area contributed by atoms with Crippen molar-refractivity contribution in [2.24, 2.45) is 4.99 Å². The van der Waals surface area contributed by atoms with Crippen LogP contribution in [-0.4, -0.2) is 72.2 Å². The van der Waals surface area contributed by atoms with E-state index in [1.807, 2.05) is 29.7 Å². The zero-order chi connectivity index (χ0) is 23.8. The molecule has 2 aromatic heterocycles. The molecule has 10 heteroatoms. The van der Waals surface area contributed by atoms with E-state index < -0.39 is 17.7 Å². The third-order valence-corrected chi connectivity index (χ3v) is 6.10. The Morgan fingerprint density at radius 3 is 2.79 bits per heavy atom. The number of aryl methyl sites for hydroxylation is 1. The predicted octanol–water partition coefficient (Wildman–Crippen LogP) is 2.95. The summed E-state index contributed by atoms with van der Waals surface area (Å²) in [5, 5.41) is 3.04. The maximum absolute atomic E-state index is 15.4. The number of pyridine rings is 1. The van der Waals surface area contributed by atoms with Gasteiger partial charge in [0.25, 0.3) is 0 Å². The number of benzene rings is 1. The summed E-state index contributed by atoms with van der Waals surface area (Å²) in [5.74, 6) is -0.948. The maximum atomic E-state index is 15.4. The minimum Gasteiger partial charge on any atom is -0.453 e. The van der Waals surface area contributed by atoms with Crippen LogP contribution in [0.5, 0.6) is 0 Å². The Balaban J connectivity index is 1.57. The van der Waals surface area contributed by atoms with Crippen molar-refractivity contribution in [3.63, 3.8) is 0 Å². The Labute approximate surface area is 195 Å². The number of carbonyl (C=O) groups is 1. The van der Waals surface area contributed by atoms with E-state index in [0.29, 0.717) is 61.9 Å². The number of halogens is 2. The van der Waals surface area contributed by atoms with Crippen molar-refractivity contribution >= 4 is 17.6 Å². The molecule has 1 aromatic carbocycles. The van der Waals surface area contributed by atoms with Crippen molar-refractivity contribution in [3.8, 4) is 11.3 Å². The molecule has 3 aromatic rings. The minimum atomic E-state index is -0.714. The van der Waals surface area contributed by atoms with E-state index in [2.05, 4.69) is 15.3 Å².